The molecular weight excluding hydrogens is 354 g/mol. The molecule has 1 atom stereocenters. The molecule has 1 saturated carbocycles. The van der Waals surface area contributed by atoms with Gasteiger partial charge in [0.2, 0.25) is 5.91 Å². The first-order chi connectivity index (χ1) is 13.3. The predicted molar refractivity (Wildman–Crippen MR) is 109 cm³/mol. The van der Waals surface area contributed by atoms with Crippen LogP contribution in [-0.2, 0) is 17.6 Å². The highest BCUT2D eigenvalue weighted by atomic mass is 32.1. The van der Waals surface area contributed by atoms with Gasteiger partial charge in [-0.1, -0.05) is 30.3 Å². The van der Waals surface area contributed by atoms with Crippen molar-refractivity contribution < 1.29 is 4.79 Å². The molecule has 2 aromatic rings. The van der Waals surface area contributed by atoms with Gasteiger partial charge in [0, 0.05) is 23.9 Å². The van der Waals surface area contributed by atoms with Gasteiger partial charge in [0.15, 0.2) is 0 Å². The normalized spacial score (nSPS) is 17.0. The number of anilines is 1. The van der Waals surface area contributed by atoms with Gasteiger partial charge in [-0.25, -0.2) is 0 Å². The summed E-state index contributed by atoms with van der Waals surface area (Å²) in [6.07, 6.45) is 7.24. The van der Waals surface area contributed by atoms with Crippen LogP contribution in [-0.4, -0.2) is 12.5 Å². The Morgan fingerprint density at radius 1 is 1.22 bits per heavy atom. The van der Waals surface area contributed by atoms with Gasteiger partial charge >= 0.3 is 0 Å². The minimum Gasteiger partial charge on any atom is -0.317 e. The van der Waals surface area contributed by atoms with Crippen LogP contribution in [0.1, 0.15) is 59.7 Å². The van der Waals surface area contributed by atoms with Crippen molar-refractivity contribution in [1.82, 2.24) is 5.32 Å². The smallest absolute Gasteiger partial charge is 0.226 e. The zero-order chi connectivity index (χ0) is 18.6. The minimum atomic E-state index is -0.0137. The zero-order valence-corrected chi connectivity index (χ0v) is 16.3. The number of benzene rings is 1. The molecule has 5 heteroatoms. The number of carbonyl (C=O) groups is 1. The first-order valence-corrected chi connectivity index (χ1v) is 10.7. The Balaban J connectivity index is 1.34. The fraction of sp³-hybridized carbons (Fsp3) is 0.455. The number of rotatable bonds is 7. The molecule has 1 heterocycles. The lowest BCUT2D eigenvalue weighted by atomic mass is 9.96. The van der Waals surface area contributed by atoms with Gasteiger partial charge in [-0.3, -0.25) is 4.79 Å². The Kier molecular flexibility index (Phi) is 5.56. The number of hydrogen-bond donors (Lipinski definition) is 2. The maximum absolute atomic E-state index is 12.4. The summed E-state index contributed by atoms with van der Waals surface area (Å²) in [4.78, 5) is 13.7. The second kappa shape index (κ2) is 8.24. The monoisotopic (exact) mass is 379 g/mol. The van der Waals surface area contributed by atoms with Crippen molar-refractivity contribution in [3.8, 4) is 6.07 Å². The molecule has 2 aliphatic rings. The van der Waals surface area contributed by atoms with E-state index < -0.39 is 0 Å². The topological polar surface area (TPSA) is 64.9 Å². The summed E-state index contributed by atoms with van der Waals surface area (Å²) in [5, 5.41) is 16.8. The number of nitrogens with one attached hydrogen (secondary N) is 2. The summed E-state index contributed by atoms with van der Waals surface area (Å²) in [7, 11) is 0. The van der Waals surface area contributed by atoms with E-state index in [1.807, 2.05) is 6.07 Å². The SMILES string of the molecule is N#Cc1c(NC(=O)CCNC(c2ccccc2)C2CC2)sc2c1CCCC2. The van der Waals surface area contributed by atoms with Crippen LogP contribution in [0.4, 0.5) is 5.00 Å². The Morgan fingerprint density at radius 2 is 2.00 bits per heavy atom. The van der Waals surface area contributed by atoms with E-state index >= 15 is 0 Å². The number of thiophene rings is 1. The van der Waals surface area contributed by atoms with Crippen LogP contribution in [0.15, 0.2) is 30.3 Å². The van der Waals surface area contributed by atoms with Gasteiger partial charge in [0.05, 0.1) is 5.56 Å². The maximum Gasteiger partial charge on any atom is 0.226 e. The summed E-state index contributed by atoms with van der Waals surface area (Å²) in [5.41, 5.74) is 3.16. The molecular formula is C22H25N3OS. The first kappa shape index (κ1) is 18.2. The third-order valence-corrected chi connectivity index (χ3v) is 6.71. The van der Waals surface area contributed by atoms with E-state index in [0.717, 1.165) is 24.3 Å². The molecule has 2 N–H and O–H groups in total. The highest BCUT2D eigenvalue weighted by Gasteiger charge is 2.31. The number of amides is 1. The molecule has 1 aromatic heterocycles. The van der Waals surface area contributed by atoms with Crippen LogP contribution in [0.3, 0.4) is 0 Å². The molecule has 0 radical (unpaired) electrons. The molecule has 27 heavy (non-hydrogen) atoms. The van der Waals surface area contributed by atoms with Gasteiger partial charge in [0.1, 0.15) is 11.1 Å². The number of carbonyl (C=O) groups excluding carboxylic acids is 1. The largest absolute Gasteiger partial charge is 0.317 e. The Hall–Kier alpha value is -2.16. The van der Waals surface area contributed by atoms with Gasteiger partial charge < -0.3 is 10.6 Å². The third-order valence-electron chi connectivity index (χ3n) is 5.50. The molecule has 4 rings (SSSR count). The van der Waals surface area contributed by atoms with Gasteiger partial charge in [-0.15, -0.1) is 11.3 Å². The molecule has 0 saturated heterocycles. The predicted octanol–water partition coefficient (Wildman–Crippen LogP) is 4.57. The molecule has 1 fully saturated rings. The van der Waals surface area contributed by atoms with E-state index in [9.17, 15) is 10.1 Å². The average Bonchev–Trinajstić information content (AvgIpc) is 3.47. The van der Waals surface area contributed by atoms with Crippen LogP contribution >= 0.6 is 11.3 Å². The zero-order valence-electron chi connectivity index (χ0n) is 15.5. The van der Waals surface area contributed by atoms with Gasteiger partial charge in [0.25, 0.3) is 0 Å². The highest BCUT2D eigenvalue weighted by Crippen LogP contribution is 2.41. The van der Waals surface area contributed by atoms with Crippen LogP contribution < -0.4 is 10.6 Å². The molecule has 1 unspecified atom stereocenters. The second-order valence-corrected chi connectivity index (χ2v) is 8.61. The average molecular weight is 380 g/mol. The summed E-state index contributed by atoms with van der Waals surface area (Å²) in [6.45, 7) is 0.648. The Labute approximate surface area is 164 Å². The van der Waals surface area contributed by atoms with Crippen LogP contribution in [0, 0.1) is 17.2 Å². The van der Waals surface area contributed by atoms with Gasteiger partial charge in [-0.05, 0) is 55.6 Å². The molecule has 2 aliphatic carbocycles. The van der Waals surface area contributed by atoms with Crippen molar-refractivity contribution in [2.45, 2.75) is 51.0 Å². The lowest BCUT2D eigenvalue weighted by Gasteiger charge is -2.18. The highest BCUT2D eigenvalue weighted by molar-refractivity contribution is 7.16. The Morgan fingerprint density at radius 3 is 2.74 bits per heavy atom. The summed E-state index contributed by atoms with van der Waals surface area (Å²) in [6, 6.07) is 13.1. The summed E-state index contributed by atoms with van der Waals surface area (Å²) >= 11 is 1.59. The van der Waals surface area contributed by atoms with Crippen molar-refractivity contribution >= 4 is 22.2 Å². The fourth-order valence-electron chi connectivity index (χ4n) is 3.95. The van der Waals surface area contributed by atoms with Gasteiger partial charge in [-0.2, -0.15) is 5.26 Å². The fourth-order valence-corrected chi connectivity index (χ4v) is 5.21. The van der Waals surface area contributed by atoms with Crippen molar-refractivity contribution in [3.05, 3.63) is 51.9 Å². The lowest BCUT2D eigenvalue weighted by molar-refractivity contribution is -0.116. The number of nitrogens with zero attached hydrogens (tertiary/aromatic N) is 1. The molecule has 1 aromatic carbocycles. The summed E-state index contributed by atoms with van der Waals surface area (Å²) < 4.78 is 0. The maximum atomic E-state index is 12.4. The number of nitriles is 1. The van der Waals surface area contributed by atoms with Crippen LogP contribution in [0.25, 0.3) is 0 Å². The second-order valence-electron chi connectivity index (χ2n) is 7.50. The molecule has 0 bridgehead atoms. The standard InChI is InChI=1S/C22H25N3OS/c23-14-18-17-8-4-5-9-19(17)27-22(18)25-20(26)12-13-24-21(16-10-11-16)15-6-2-1-3-7-15/h1-3,6-7,16,21,24H,4-5,8-13H2,(H,25,26). The van der Waals surface area contributed by atoms with Crippen LogP contribution in [0.5, 0.6) is 0 Å². The first-order valence-electron chi connectivity index (χ1n) is 9.89. The van der Waals surface area contributed by atoms with E-state index in [1.54, 1.807) is 11.3 Å². The summed E-state index contributed by atoms with van der Waals surface area (Å²) in [5.74, 6) is 0.671. The molecule has 140 valence electrons. The number of hydrogen-bond acceptors (Lipinski definition) is 4. The lowest BCUT2D eigenvalue weighted by Crippen LogP contribution is -2.27. The van der Waals surface area contributed by atoms with Crippen molar-refractivity contribution in [3.63, 3.8) is 0 Å². The molecule has 0 aliphatic heterocycles. The molecule has 1 amide bonds. The number of fused-ring (bicyclic) bond motifs is 1. The van der Waals surface area contributed by atoms with Crippen molar-refractivity contribution in [2.24, 2.45) is 5.92 Å². The Bertz CT molecular complexity index is 848. The van der Waals surface area contributed by atoms with E-state index in [-0.39, 0.29) is 5.91 Å². The number of aryl methyl sites for hydroxylation is 1. The minimum absolute atomic E-state index is 0.0137. The van der Waals surface area contributed by atoms with E-state index in [1.165, 1.54) is 35.3 Å². The van der Waals surface area contributed by atoms with Crippen molar-refractivity contribution in [1.29, 1.82) is 5.26 Å². The van der Waals surface area contributed by atoms with E-state index in [0.29, 0.717) is 30.5 Å². The van der Waals surface area contributed by atoms with E-state index in [4.69, 9.17) is 0 Å². The quantitative estimate of drug-likeness (QED) is 0.741. The van der Waals surface area contributed by atoms with E-state index in [2.05, 4.69) is 41.0 Å². The molecule has 4 nitrogen and oxygen atoms in total. The molecule has 0 spiro atoms. The third kappa shape index (κ3) is 4.23. The van der Waals surface area contributed by atoms with Crippen molar-refractivity contribution in [2.75, 3.05) is 11.9 Å². The van der Waals surface area contributed by atoms with Crippen LogP contribution in [0.2, 0.25) is 0 Å².